The van der Waals surface area contributed by atoms with Gasteiger partial charge in [-0.15, -0.1) is 11.3 Å². The predicted molar refractivity (Wildman–Crippen MR) is 86.2 cm³/mol. The predicted octanol–water partition coefficient (Wildman–Crippen LogP) is 3.27. The summed E-state index contributed by atoms with van der Waals surface area (Å²) in [5, 5.41) is 2.97. The number of sulfone groups is 1. The highest BCUT2D eigenvalue weighted by molar-refractivity contribution is 7.92. The number of hydrogen-bond donors (Lipinski definition) is 1. The summed E-state index contributed by atoms with van der Waals surface area (Å²) in [7, 11) is -1.10. The van der Waals surface area contributed by atoms with Crippen molar-refractivity contribution >= 4 is 21.2 Å². The Balaban J connectivity index is 2.30. The maximum atomic E-state index is 12.3. The summed E-state index contributed by atoms with van der Waals surface area (Å²) in [4.78, 5) is 2.45. The van der Waals surface area contributed by atoms with Crippen LogP contribution in [-0.4, -0.2) is 26.5 Å². The number of thiophene rings is 1. The van der Waals surface area contributed by atoms with E-state index in [1.807, 2.05) is 7.05 Å². The Labute approximate surface area is 126 Å². The van der Waals surface area contributed by atoms with Gasteiger partial charge in [-0.25, -0.2) is 8.42 Å². The molecule has 1 N–H and O–H groups in total. The van der Waals surface area contributed by atoms with Crippen LogP contribution in [0.3, 0.4) is 0 Å². The van der Waals surface area contributed by atoms with Crippen molar-refractivity contribution in [1.82, 2.24) is 5.32 Å². The van der Waals surface area contributed by atoms with Crippen LogP contribution >= 0.6 is 11.3 Å². The van der Waals surface area contributed by atoms with Gasteiger partial charge in [0.2, 0.25) is 0 Å². The van der Waals surface area contributed by atoms with Gasteiger partial charge in [0.1, 0.15) is 0 Å². The Morgan fingerprint density at radius 2 is 2.00 bits per heavy atom. The van der Waals surface area contributed by atoms with E-state index in [1.165, 1.54) is 4.88 Å². The van der Waals surface area contributed by atoms with Crippen LogP contribution in [0.2, 0.25) is 0 Å². The highest BCUT2D eigenvalue weighted by atomic mass is 32.2. The Morgan fingerprint density at radius 1 is 1.30 bits per heavy atom. The molecule has 2 rings (SSSR count). The molecule has 1 aromatic rings. The first-order chi connectivity index (χ1) is 9.25. The molecule has 0 radical (unpaired) electrons. The third kappa shape index (κ3) is 3.26. The van der Waals surface area contributed by atoms with E-state index in [4.69, 9.17) is 0 Å². The Kier molecular flexibility index (Phi) is 4.62. The summed E-state index contributed by atoms with van der Waals surface area (Å²) < 4.78 is 24.6. The third-order valence-electron chi connectivity index (χ3n) is 3.98. The Morgan fingerprint density at radius 3 is 2.50 bits per heavy atom. The van der Waals surface area contributed by atoms with Crippen LogP contribution in [0.1, 0.15) is 55.8 Å². The first kappa shape index (κ1) is 16.0. The largest absolute Gasteiger partial charge is 0.311 e. The minimum atomic E-state index is -2.97. The minimum Gasteiger partial charge on any atom is -0.311 e. The molecular formula is C15H25NO2S2. The van der Waals surface area contributed by atoms with Crippen molar-refractivity contribution in [2.75, 3.05) is 12.8 Å². The summed E-state index contributed by atoms with van der Waals surface area (Å²) in [6, 6.07) is 4.16. The zero-order chi connectivity index (χ0) is 15.0. The molecule has 5 heteroatoms. The van der Waals surface area contributed by atoms with Gasteiger partial charge in [-0.1, -0.05) is 27.2 Å². The summed E-state index contributed by atoms with van der Waals surface area (Å²) in [6.07, 6.45) is 2.60. The molecule has 20 heavy (non-hydrogen) atoms. The van der Waals surface area contributed by atoms with E-state index >= 15 is 0 Å². The van der Waals surface area contributed by atoms with E-state index in [9.17, 15) is 8.42 Å². The molecule has 0 amide bonds. The molecule has 1 fully saturated rings. The van der Waals surface area contributed by atoms with Crippen molar-refractivity contribution in [2.45, 2.75) is 56.7 Å². The van der Waals surface area contributed by atoms with Gasteiger partial charge < -0.3 is 5.32 Å². The van der Waals surface area contributed by atoms with E-state index < -0.39 is 9.84 Å². The van der Waals surface area contributed by atoms with E-state index in [0.29, 0.717) is 5.75 Å². The SMILES string of the molecule is CNC(c1ccc(C(C)(C)C)s1)C1CCCCS1(=O)=O. The average molecular weight is 316 g/mol. The van der Waals surface area contributed by atoms with Gasteiger partial charge in [0.05, 0.1) is 17.0 Å². The standard InChI is InChI=1S/C15H25NO2S2/c1-15(2,3)13-9-8-11(19-13)14(16-4)12-7-5-6-10-20(12,17)18/h8-9,12,14,16H,5-7,10H2,1-4H3. The van der Waals surface area contributed by atoms with E-state index in [1.54, 1.807) is 11.3 Å². The lowest BCUT2D eigenvalue weighted by Gasteiger charge is -2.29. The fourth-order valence-electron chi connectivity index (χ4n) is 2.79. The highest BCUT2D eigenvalue weighted by Gasteiger charge is 2.36. The van der Waals surface area contributed by atoms with E-state index in [2.05, 4.69) is 38.2 Å². The molecule has 0 spiro atoms. The smallest absolute Gasteiger partial charge is 0.155 e. The topological polar surface area (TPSA) is 46.2 Å². The maximum Gasteiger partial charge on any atom is 0.155 e. The molecule has 2 unspecified atom stereocenters. The molecule has 1 aliphatic heterocycles. The fourth-order valence-corrected chi connectivity index (χ4v) is 6.25. The van der Waals surface area contributed by atoms with Crippen LogP contribution in [0.25, 0.3) is 0 Å². The van der Waals surface area contributed by atoms with Gasteiger partial charge in [0, 0.05) is 9.75 Å². The molecule has 0 aromatic carbocycles. The van der Waals surface area contributed by atoms with Crippen LogP contribution in [0.4, 0.5) is 0 Å². The molecule has 1 saturated heterocycles. The summed E-state index contributed by atoms with van der Waals surface area (Å²) in [5.41, 5.74) is 0.118. The zero-order valence-corrected chi connectivity index (χ0v) is 14.4. The van der Waals surface area contributed by atoms with Crippen molar-refractivity contribution in [3.63, 3.8) is 0 Å². The van der Waals surface area contributed by atoms with Crippen molar-refractivity contribution in [2.24, 2.45) is 0 Å². The quantitative estimate of drug-likeness (QED) is 0.931. The minimum absolute atomic E-state index is 0.0681. The number of rotatable bonds is 3. The molecule has 3 nitrogen and oxygen atoms in total. The molecule has 0 bridgehead atoms. The normalized spacial score (nSPS) is 24.5. The van der Waals surface area contributed by atoms with Gasteiger partial charge >= 0.3 is 0 Å². The van der Waals surface area contributed by atoms with Gasteiger partial charge in [-0.2, -0.15) is 0 Å². The van der Waals surface area contributed by atoms with Crippen LogP contribution in [0, 0.1) is 0 Å². The lowest BCUT2D eigenvalue weighted by Crippen LogP contribution is -2.39. The molecule has 2 heterocycles. The number of nitrogens with one attached hydrogen (secondary N) is 1. The summed E-state index contributed by atoms with van der Waals surface area (Å²) in [6.45, 7) is 6.57. The van der Waals surface area contributed by atoms with Crippen molar-refractivity contribution in [1.29, 1.82) is 0 Å². The molecule has 0 saturated carbocycles. The maximum absolute atomic E-state index is 12.3. The zero-order valence-electron chi connectivity index (χ0n) is 12.8. The summed E-state index contributed by atoms with van der Waals surface area (Å²) >= 11 is 1.74. The van der Waals surface area contributed by atoms with Crippen molar-refractivity contribution < 1.29 is 8.42 Å². The average Bonchev–Trinajstić information content (AvgIpc) is 2.81. The third-order valence-corrected chi connectivity index (χ3v) is 7.87. The molecule has 0 aliphatic carbocycles. The monoisotopic (exact) mass is 315 g/mol. The second-order valence-electron chi connectivity index (χ2n) is 6.62. The van der Waals surface area contributed by atoms with Gasteiger partial charge in [0.15, 0.2) is 9.84 Å². The molecular weight excluding hydrogens is 290 g/mol. The van der Waals surface area contributed by atoms with Crippen LogP contribution in [-0.2, 0) is 15.3 Å². The van der Waals surface area contributed by atoms with Crippen LogP contribution in [0.15, 0.2) is 12.1 Å². The van der Waals surface area contributed by atoms with Gasteiger partial charge in [-0.3, -0.25) is 0 Å². The Bertz CT molecular complexity index is 555. The van der Waals surface area contributed by atoms with E-state index in [0.717, 1.165) is 24.1 Å². The highest BCUT2D eigenvalue weighted by Crippen LogP contribution is 2.37. The summed E-state index contributed by atoms with van der Waals surface area (Å²) in [5.74, 6) is 0.341. The van der Waals surface area contributed by atoms with Gasteiger partial charge in [-0.05, 0) is 37.4 Å². The van der Waals surface area contributed by atoms with Crippen molar-refractivity contribution in [3.8, 4) is 0 Å². The van der Waals surface area contributed by atoms with Gasteiger partial charge in [0.25, 0.3) is 0 Å². The fraction of sp³-hybridized carbons (Fsp3) is 0.733. The second-order valence-corrected chi connectivity index (χ2v) is 10.1. The van der Waals surface area contributed by atoms with Crippen LogP contribution < -0.4 is 5.32 Å². The molecule has 1 aliphatic rings. The number of hydrogen-bond acceptors (Lipinski definition) is 4. The van der Waals surface area contributed by atoms with Crippen molar-refractivity contribution in [3.05, 3.63) is 21.9 Å². The first-order valence-electron chi connectivity index (χ1n) is 7.25. The second kappa shape index (κ2) is 5.78. The first-order valence-corrected chi connectivity index (χ1v) is 9.78. The Hall–Kier alpha value is -0.390. The lowest BCUT2D eigenvalue weighted by atomic mass is 9.95. The molecule has 1 aromatic heterocycles. The van der Waals surface area contributed by atoms with E-state index in [-0.39, 0.29) is 16.7 Å². The molecule has 114 valence electrons. The van der Waals surface area contributed by atoms with Crippen LogP contribution in [0.5, 0.6) is 0 Å². The molecule has 2 atom stereocenters. The lowest BCUT2D eigenvalue weighted by molar-refractivity contribution is 0.473.